The monoisotopic (exact) mass is 438 g/mol. The van der Waals surface area contributed by atoms with Gasteiger partial charge < -0.3 is 14.5 Å². The zero-order valence-corrected chi connectivity index (χ0v) is 18.6. The van der Waals surface area contributed by atoms with E-state index in [2.05, 4.69) is 6.07 Å². The predicted molar refractivity (Wildman–Crippen MR) is 118 cm³/mol. The van der Waals surface area contributed by atoms with E-state index in [9.17, 15) is 14.4 Å². The summed E-state index contributed by atoms with van der Waals surface area (Å²) in [5.74, 6) is -0.0514. The number of ether oxygens (including phenoxy) is 1. The Bertz CT molecular complexity index is 936. The molecule has 0 bridgehead atoms. The van der Waals surface area contributed by atoms with Crippen LogP contribution in [0, 0.1) is 11.3 Å². The molecule has 0 aliphatic carbocycles. The van der Waals surface area contributed by atoms with Crippen molar-refractivity contribution in [3.63, 3.8) is 0 Å². The Kier molecular flexibility index (Phi) is 6.47. The maximum absolute atomic E-state index is 13.3. The van der Waals surface area contributed by atoms with Gasteiger partial charge in [-0.3, -0.25) is 19.3 Å². The number of hydrogen-bond donors (Lipinski definition) is 0. The third-order valence-electron chi connectivity index (χ3n) is 6.93. The van der Waals surface area contributed by atoms with Gasteiger partial charge in [-0.2, -0.15) is 5.26 Å². The van der Waals surface area contributed by atoms with E-state index in [4.69, 9.17) is 10.00 Å². The lowest BCUT2D eigenvalue weighted by atomic mass is 9.97. The van der Waals surface area contributed by atoms with Gasteiger partial charge in [-0.15, -0.1) is 0 Å². The molecule has 4 rings (SSSR count). The molecule has 1 atom stereocenters. The molecule has 3 heterocycles. The second-order valence-corrected chi connectivity index (χ2v) is 8.86. The minimum absolute atomic E-state index is 0.0153. The van der Waals surface area contributed by atoms with Crippen molar-refractivity contribution in [3.05, 3.63) is 29.8 Å². The molecule has 0 saturated carbocycles. The van der Waals surface area contributed by atoms with Crippen LogP contribution in [0.4, 0.5) is 5.69 Å². The van der Waals surface area contributed by atoms with Crippen molar-refractivity contribution in [2.75, 3.05) is 31.2 Å². The molecule has 1 unspecified atom stereocenters. The first-order valence-corrected chi connectivity index (χ1v) is 11.5. The largest absolute Gasteiger partial charge is 0.381 e. The lowest BCUT2D eigenvalue weighted by Crippen LogP contribution is -2.62. The van der Waals surface area contributed by atoms with Crippen LogP contribution in [0.3, 0.4) is 0 Å². The smallest absolute Gasteiger partial charge is 0.257 e. The number of para-hydroxylation sites is 1. The molecule has 0 spiro atoms. The number of benzene rings is 1. The Hall–Kier alpha value is -2.92. The summed E-state index contributed by atoms with van der Waals surface area (Å²) in [6.07, 6.45) is 3.67. The van der Waals surface area contributed by atoms with Gasteiger partial charge in [-0.1, -0.05) is 12.1 Å². The Morgan fingerprint density at radius 1 is 1.28 bits per heavy atom. The van der Waals surface area contributed by atoms with Crippen molar-refractivity contribution in [1.29, 1.82) is 5.26 Å². The van der Waals surface area contributed by atoms with Gasteiger partial charge >= 0.3 is 0 Å². The SMILES string of the molecule is CC12CCC(=O)N1c1ccccc1C(=O)N2CCCC(=O)N(CCC#N)C1CCOCC1. The molecule has 1 aromatic carbocycles. The summed E-state index contributed by atoms with van der Waals surface area (Å²) in [6.45, 7) is 4.03. The Labute approximate surface area is 188 Å². The molecule has 170 valence electrons. The number of nitrogens with zero attached hydrogens (tertiary/aromatic N) is 4. The lowest BCUT2D eigenvalue weighted by molar-refractivity contribution is -0.135. The number of amides is 3. The van der Waals surface area contributed by atoms with Crippen LogP contribution in [0.5, 0.6) is 0 Å². The van der Waals surface area contributed by atoms with Crippen molar-refractivity contribution in [3.8, 4) is 6.07 Å². The van der Waals surface area contributed by atoms with Gasteiger partial charge in [-0.05, 0) is 44.7 Å². The van der Waals surface area contributed by atoms with E-state index in [1.807, 2.05) is 30.0 Å². The summed E-state index contributed by atoms with van der Waals surface area (Å²) >= 11 is 0. The first-order valence-electron chi connectivity index (χ1n) is 11.5. The molecular weight excluding hydrogens is 408 g/mol. The Morgan fingerprint density at radius 3 is 2.78 bits per heavy atom. The molecule has 0 N–H and O–H groups in total. The fourth-order valence-corrected chi connectivity index (χ4v) is 5.25. The summed E-state index contributed by atoms with van der Waals surface area (Å²) in [5, 5.41) is 9.00. The molecular formula is C24H30N4O4. The number of carbonyl (C=O) groups excluding carboxylic acids is 3. The van der Waals surface area contributed by atoms with Crippen LogP contribution in [-0.2, 0) is 14.3 Å². The average molecular weight is 439 g/mol. The average Bonchev–Trinajstić information content (AvgIpc) is 3.12. The number of rotatable bonds is 7. The van der Waals surface area contributed by atoms with E-state index in [1.54, 1.807) is 15.9 Å². The quantitative estimate of drug-likeness (QED) is 0.652. The van der Waals surface area contributed by atoms with Crippen molar-refractivity contribution in [2.45, 2.75) is 63.6 Å². The molecule has 3 aliphatic heterocycles. The highest BCUT2D eigenvalue weighted by Crippen LogP contribution is 2.44. The number of fused-ring (bicyclic) bond motifs is 3. The van der Waals surface area contributed by atoms with Gasteiger partial charge in [0.25, 0.3) is 5.91 Å². The molecule has 0 radical (unpaired) electrons. The number of carbonyl (C=O) groups is 3. The molecule has 2 saturated heterocycles. The van der Waals surface area contributed by atoms with Gasteiger partial charge in [0.15, 0.2) is 0 Å². The molecule has 2 fully saturated rings. The minimum Gasteiger partial charge on any atom is -0.381 e. The third-order valence-corrected chi connectivity index (χ3v) is 6.93. The molecule has 8 heteroatoms. The number of hydrogen-bond acceptors (Lipinski definition) is 5. The second kappa shape index (κ2) is 9.29. The van der Waals surface area contributed by atoms with Crippen LogP contribution >= 0.6 is 0 Å². The molecule has 8 nitrogen and oxygen atoms in total. The van der Waals surface area contributed by atoms with Crippen molar-refractivity contribution < 1.29 is 19.1 Å². The molecule has 3 aliphatic rings. The standard InChI is InChI=1S/C24H30N4O4/c1-24-12-9-22(30)28(24)20-7-3-2-6-19(20)23(31)27(24)15-4-8-21(29)26(14-5-13-25)18-10-16-32-17-11-18/h2-3,6-7,18H,4-5,8-12,14-17H2,1H3. The normalized spacial score (nSPS) is 23.0. The van der Waals surface area contributed by atoms with Crippen LogP contribution in [-0.4, -0.2) is 65.5 Å². The van der Waals surface area contributed by atoms with Gasteiger partial charge in [0.2, 0.25) is 11.8 Å². The highest BCUT2D eigenvalue weighted by molar-refractivity contribution is 6.10. The third kappa shape index (κ3) is 3.97. The molecule has 32 heavy (non-hydrogen) atoms. The van der Waals surface area contributed by atoms with E-state index >= 15 is 0 Å². The van der Waals surface area contributed by atoms with E-state index in [0.717, 1.165) is 12.8 Å². The predicted octanol–water partition coefficient (Wildman–Crippen LogP) is 2.69. The van der Waals surface area contributed by atoms with E-state index in [-0.39, 0.29) is 23.8 Å². The topological polar surface area (TPSA) is 94.0 Å². The number of nitriles is 1. The van der Waals surface area contributed by atoms with Crippen LogP contribution in [0.2, 0.25) is 0 Å². The van der Waals surface area contributed by atoms with Crippen molar-refractivity contribution in [2.24, 2.45) is 0 Å². The minimum atomic E-state index is -0.702. The summed E-state index contributed by atoms with van der Waals surface area (Å²) < 4.78 is 5.42. The van der Waals surface area contributed by atoms with Crippen molar-refractivity contribution in [1.82, 2.24) is 9.80 Å². The molecule has 3 amide bonds. The summed E-state index contributed by atoms with van der Waals surface area (Å²) in [4.78, 5) is 44.4. The molecule has 0 aromatic heterocycles. The van der Waals surface area contributed by atoms with E-state index in [0.29, 0.717) is 69.7 Å². The van der Waals surface area contributed by atoms with Gasteiger partial charge in [-0.25, -0.2) is 0 Å². The number of anilines is 1. The first-order chi connectivity index (χ1) is 15.5. The highest BCUT2D eigenvalue weighted by atomic mass is 16.5. The zero-order chi connectivity index (χ0) is 22.7. The van der Waals surface area contributed by atoms with Crippen molar-refractivity contribution >= 4 is 23.4 Å². The first kappa shape index (κ1) is 22.3. The van der Waals surface area contributed by atoms with Gasteiger partial charge in [0, 0.05) is 45.2 Å². The Balaban J connectivity index is 1.45. The fraction of sp³-hybridized carbons (Fsp3) is 0.583. The van der Waals surface area contributed by atoms with Gasteiger partial charge in [0.1, 0.15) is 5.66 Å². The van der Waals surface area contributed by atoms with E-state index < -0.39 is 5.66 Å². The summed E-state index contributed by atoms with van der Waals surface area (Å²) in [7, 11) is 0. The summed E-state index contributed by atoms with van der Waals surface area (Å²) in [5.41, 5.74) is 0.508. The summed E-state index contributed by atoms with van der Waals surface area (Å²) in [6, 6.07) is 9.48. The Morgan fingerprint density at radius 2 is 2.03 bits per heavy atom. The fourth-order valence-electron chi connectivity index (χ4n) is 5.25. The second-order valence-electron chi connectivity index (χ2n) is 8.86. The van der Waals surface area contributed by atoms with Crippen LogP contribution < -0.4 is 4.90 Å². The van der Waals surface area contributed by atoms with E-state index in [1.165, 1.54) is 0 Å². The van der Waals surface area contributed by atoms with Crippen LogP contribution in [0.1, 0.15) is 62.2 Å². The highest BCUT2D eigenvalue weighted by Gasteiger charge is 2.52. The van der Waals surface area contributed by atoms with Crippen LogP contribution in [0.15, 0.2) is 24.3 Å². The zero-order valence-electron chi connectivity index (χ0n) is 18.6. The van der Waals surface area contributed by atoms with Crippen LogP contribution in [0.25, 0.3) is 0 Å². The maximum atomic E-state index is 13.3. The maximum Gasteiger partial charge on any atom is 0.257 e. The molecule has 1 aromatic rings. The van der Waals surface area contributed by atoms with Gasteiger partial charge in [0.05, 0.1) is 23.7 Å². The lowest BCUT2D eigenvalue weighted by Gasteiger charge is -2.48.